The third kappa shape index (κ3) is 5.19. The van der Waals surface area contributed by atoms with E-state index in [1.54, 1.807) is 0 Å². The predicted molar refractivity (Wildman–Crippen MR) is 70.4 cm³/mol. The third-order valence-electron chi connectivity index (χ3n) is 2.78. The maximum absolute atomic E-state index is 12.4. The molecule has 1 aromatic rings. The highest BCUT2D eigenvalue weighted by molar-refractivity contribution is 5.99. The average Bonchev–Trinajstić information content (AvgIpc) is 2.44. The van der Waals surface area contributed by atoms with Crippen LogP contribution in [0.1, 0.15) is 34.1 Å². The number of halogens is 3. The van der Waals surface area contributed by atoms with E-state index in [1.165, 1.54) is 31.2 Å². The molecule has 1 rings (SSSR count). The fraction of sp³-hybridized carbons (Fsp3) is 0.357. The molecule has 1 unspecified atom stereocenters. The molecule has 0 saturated heterocycles. The number of benzene rings is 1. The number of methoxy groups -OCH3 is 1. The van der Waals surface area contributed by atoms with Gasteiger partial charge in [0.25, 0.3) is 5.91 Å². The van der Waals surface area contributed by atoms with Gasteiger partial charge in [-0.15, -0.1) is 0 Å². The summed E-state index contributed by atoms with van der Waals surface area (Å²) in [4.78, 5) is 34.3. The van der Waals surface area contributed by atoms with Gasteiger partial charge in [-0.2, -0.15) is 13.2 Å². The Morgan fingerprint density at radius 1 is 1.14 bits per heavy atom. The van der Waals surface area contributed by atoms with Crippen LogP contribution in [0, 0.1) is 0 Å². The second-order valence-corrected chi connectivity index (χ2v) is 4.50. The van der Waals surface area contributed by atoms with Crippen LogP contribution in [0.3, 0.4) is 0 Å². The number of amides is 1. The van der Waals surface area contributed by atoms with E-state index in [0.717, 1.165) is 7.11 Å². The molecule has 0 saturated carbocycles. The molecular formula is C14H14F3NO4. The van der Waals surface area contributed by atoms with Crippen LogP contribution in [0.4, 0.5) is 13.2 Å². The Hall–Kier alpha value is -2.38. The minimum Gasteiger partial charge on any atom is -0.467 e. The zero-order chi connectivity index (χ0) is 16.9. The van der Waals surface area contributed by atoms with Gasteiger partial charge in [0.15, 0.2) is 5.78 Å². The van der Waals surface area contributed by atoms with Gasteiger partial charge in [-0.1, -0.05) is 12.1 Å². The van der Waals surface area contributed by atoms with Crippen molar-refractivity contribution >= 4 is 17.7 Å². The highest BCUT2D eigenvalue weighted by Gasteiger charge is 2.37. The van der Waals surface area contributed by atoms with Gasteiger partial charge in [-0.05, 0) is 19.1 Å². The number of hydrogen-bond acceptors (Lipinski definition) is 4. The van der Waals surface area contributed by atoms with E-state index in [0.29, 0.717) is 5.56 Å². The monoisotopic (exact) mass is 317 g/mol. The Kier molecular flexibility index (Phi) is 5.67. The van der Waals surface area contributed by atoms with Crippen molar-refractivity contribution in [1.82, 2.24) is 5.32 Å². The smallest absolute Gasteiger partial charge is 0.391 e. The summed E-state index contributed by atoms with van der Waals surface area (Å²) in [6, 6.07) is 3.48. The van der Waals surface area contributed by atoms with E-state index in [4.69, 9.17) is 0 Å². The standard InChI is InChI=1S/C14H14F3NO4/c1-8(19)9-3-5-10(6-4-9)12(20)18-11(13(21)22-2)7-14(15,16)17/h3-6,11H,7H2,1-2H3,(H,18,20). The second kappa shape index (κ2) is 7.06. The van der Waals surface area contributed by atoms with Crippen molar-refractivity contribution in [2.45, 2.75) is 25.6 Å². The number of carbonyl (C=O) groups excluding carboxylic acids is 3. The van der Waals surface area contributed by atoms with Crippen LogP contribution < -0.4 is 5.32 Å². The normalized spacial score (nSPS) is 12.4. The molecule has 120 valence electrons. The van der Waals surface area contributed by atoms with E-state index in [-0.39, 0.29) is 11.3 Å². The molecule has 1 aromatic carbocycles. The quantitative estimate of drug-likeness (QED) is 0.667. The highest BCUT2D eigenvalue weighted by atomic mass is 19.4. The van der Waals surface area contributed by atoms with Gasteiger partial charge in [0, 0.05) is 11.1 Å². The summed E-state index contributed by atoms with van der Waals surface area (Å²) in [5.41, 5.74) is 0.387. The molecular weight excluding hydrogens is 303 g/mol. The van der Waals surface area contributed by atoms with Crippen LogP contribution in [-0.4, -0.2) is 37.0 Å². The second-order valence-electron chi connectivity index (χ2n) is 4.50. The zero-order valence-electron chi connectivity index (χ0n) is 11.9. The molecule has 0 radical (unpaired) electrons. The summed E-state index contributed by atoms with van der Waals surface area (Å²) in [5.74, 6) is -2.27. The van der Waals surface area contributed by atoms with Crippen molar-refractivity contribution in [3.63, 3.8) is 0 Å². The molecule has 0 heterocycles. The van der Waals surface area contributed by atoms with E-state index in [2.05, 4.69) is 4.74 Å². The van der Waals surface area contributed by atoms with Crippen LogP contribution in [-0.2, 0) is 9.53 Å². The van der Waals surface area contributed by atoms with Gasteiger partial charge in [0.05, 0.1) is 13.5 Å². The van der Waals surface area contributed by atoms with Gasteiger partial charge in [-0.25, -0.2) is 4.79 Å². The summed E-state index contributed by atoms with van der Waals surface area (Å²) in [6.45, 7) is 1.34. The molecule has 0 aromatic heterocycles. The maximum Gasteiger partial charge on any atom is 0.391 e. The van der Waals surface area contributed by atoms with Crippen molar-refractivity contribution in [2.24, 2.45) is 0 Å². The zero-order valence-corrected chi connectivity index (χ0v) is 11.9. The van der Waals surface area contributed by atoms with Gasteiger partial charge in [0.2, 0.25) is 0 Å². The molecule has 0 spiro atoms. The summed E-state index contributed by atoms with van der Waals surface area (Å²) < 4.78 is 41.4. The summed E-state index contributed by atoms with van der Waals surface area (Å²) in [5, 5.41) is 1.97. The summed E-state index contributed by atoms with van der Waals surface area (Å²) in [6.07, 6.45) is -6.17. The van der Waals surface area contributed by atoms with Gasteiger partial charge >= 0.3 is 12.1 Å². The first-order valence-corrected chi connectivity index (χ1v) is 6.20. The summed E-state index contributed by atoms with van der Waals surface area (Å²) in [7, 11) is 0.930. The largest absolute Gasteiger partial charge is 0.467 e. The molecule has 0 aliphatic carbocycles. The van der Waals surface area contributed by atoms with Gasteiger partial charge in [0.1, 0.15) is 6.04 Å². The number of esters is 1. The lowest BCUT2D eigenvalue weighted by molar-refractivity contribution is -0.160. The van der Waals surface area contributed by atoms with Crippen molar-refractivity contribution in [2.75, 3.05) is 7.11 Å². The van der Waals surface area contributed by atoms with Crippen molar-refractivity contribution in [1.29, 1.82) is 0 Å². The fourth-order valence-electron chi connectivity index (χ4n) is 1.66. The van der Waals surface area contributed by atoms with Crippen molar-refractivity contribution in [3.8, 4) is 0 Å². The molecule has 1 atom stereocenters. The molecule has 22 heavy (non-hydrogen) atoms. The van der Waals surface area contributed by atoms with Crippen LogP contribution in [0.2, 0.25) is 0 Å². The van der Waals surface area contributed by atoms with E-state index in [1.807, 2.05) is 5.32 Å². The van der Waals surface area contributed by atoms with E-state index in [9.17, 15) is 27.6 Å². The lowest BCUT2D eigenvalue weighted by atomic mass is 10.1. The number of hydrogen-bond donors (Lipinski definition) is 1. The Labute approximate surface area is 124 Å². The SMILES string of the molecule is COC(=O)C(CC(F)(F)F)NC(=O)c1ccc(C(C)=O)cc1. The minimum absolute atomic E-state index is 0.0288. The third-order valence-corrected chi connectivity index (χ3v) is 2.78. The molecule has 5 nitrogen and oxygen atoms in total. The predicted octanol–water partition coefficient (Wildman–Crippen LogP) is 2.11. The van der Waals surface area contributed by atoms with Crippen molar-refractivity contribution < 1.29 is 32.3 Å². The number of alkyl halides is 3. The first-order chi connectivity index (χ1) is 10.1. The lowest BCUT2D eigenvalue weighted by Crippen LogP contribution is -2.44. The number of rotatable bonds is 5. The molecule has 0 bridgehead atoms. The molecule has 8 heteroatoms. The fourth-order valence-corrected chi connectivity index (χ4v) is 1.66. The minimum atomic E-state index is -4.63. The van der Waals surface area contributed by atoms with Crippen LogP contribution in [0.5, 0.6) is 0 Å². The summed E-state index contributed by atoms with van der Waals surface area (Å²) >= 11 is 0. The maximum atomic E-state index is 12.4. The first kappa shape index (κ1) is 17.7. The highest BCUT2D eigenvalue weighted by Crippen LogP contribution is 2.22. The molecule has 0 fully saturated rings. The van der Waals surface area contributed by atoms with Crippen LogP contribution in [0.25, 0.3) is 0 Å². The Morgan fingerprint density at radius 3 is 2.05 bits per heavy atom. The molecule has 1 amide bonds. The molecule has 0 aliphatic heterocycles. The van der Waals surface area contributed by atoms with Crippen LogP contribution >= 0.6 is 0 Å². The average molecular weight is 317 g/mol. The number of nitrogens with one attached hydrogen (secondary N) is 1. The Bertz CT molecular complexity index is 566. The number of ether oxygens (including phenoxy) is 1. The molecule has 1 N–H and O–H groups in total. The van der Waals surface area contributed by atoms with Gasteiger partial charge in [-0.3, -0.25) is 9.59 Å². The van der Waals surface area contributed by atoms with Gasteiger partial charge < -0.3 is 10.1 Å². The van der Waals surface area contributed by atoms with Crippen LogP contribution in [0.15, 0.2) is 24.3 Å². The Morgan fingerprint density at radius 2 is 1.64 bits per heavy atom. The number of carbonyl (C=O) groups is 3. The Balaban J connectivity index is 2.86. The first-order valence-electron chi connectivity index (χ1n) is 6.20. The molecule has 0 aliphatic rings. The lowest BCUT2D eigenvalue weighted by Gasteiger charge is -2.18. The van der Waals surface area contributed by atoms with E-state index >= 15 is 0 Å². The topological polar surface area (TPSA) is 72.5 Å². The van der Waals surface area contributed by atoms with E-state index < -0.39 is 30.5 Å². The number of ketones is 1. The van der Waals surface area contributed by atoms with Crippen molar-refractivity contribution in [3.05, 3.63) is 35.4 Å². The number of Topliss-reactive ketones (excluding diaryl/α,β-unsaturated/α-hetero) is 1.